The molecule has 3 rings (SSSR count). The first-order valence-electron chi connectivity index (χ1n) is 7.79. The van der Waals surface area contributed by atoms with Crippen LogP contribution in [-0.4, -0.2) is 11.0 Å². The van der Waals surface area contributed by atoms with Crippen molar-refractivity contribution in [2.45, 2.75) is 64.3 Å². The van der Waals surface area contributed by atoms with Crippen molar-refractivity contribution in [3.8, 4) is 0 Å². The van der Waals surface area contributed by atoms with Gasteiger partial charge in [0, 0.05) is 23.9 Å². The molecule has 2 N–H and O–H groups in total. The molecule has 2 nitrogen and oxygen atoms in total. The van der Waals surface area contributed by atoms with Crippen LogP contribution in [0.5, 0.6) is 0 Å². The fourth-order valence-corrected chi connectivity index (χ4v) is 4.37. The van der Waals surface area contributed by atoms with E-state index in [2.05, 4.69) is 31.0 Å². The van der Waals surface area contributed by atoms with Gasteiger partial charge in [-0.3, -0.25) is 4.98 Å². The molecule has 1 fully saturated rings. The van der Waals surface area contributed by atoms with E-state index >= 15 is 0 Å². The zero-order valence-electron chi connectivity index (χ0n) is 12.2. The van der Waals surface area contributed by atoms with Crippen molar-refractivity contribution in [3.05, 3.63) is 29.6 Å². The molecular formula is C17H26N2. The minimum atomic E-state index is 0.284. The predicted octanol–water partition coefficient (Wildman–Crippen LogP) is 3.66. The van der Waals surface area contributed by atoms with Crippen LogP contribution in [0, 0.1) is 11.3 Å². The third-order valence-corrected chi connectivity index (χ3v) is 5.51. The van der Waals surface area contributed by atoms with Crippen LogP contribution in [0.25, 0.3) is 0 Å². The van der Waals surface area contributed by atoms with Crippen molar-refractivity contribution < 1.29 is 0 Å². The van der Waals surface area contributed by atoms with Crippen molar-refractivity contribution in [2.24, 2.45) is 17.1 Å². The molecule has 3 atom stereocenters. The quantitative estimate of drug-likeness (QED) is 0.879. The predicted molar refractivity (Wildman–Crippen MR) is 79.0 cm³/mol. The van der Waals surface area contributed by atoms with Gasteiger partial charge in [0.1, 0.15) is 0 Å². The van der Waals surface area contributed by atoms with Crippen LogP contribution in [0.3, 0.4) is 0 Å². The van der Waals surface area contributed by atoms with Crippen molar-refractivity contribution >= 4 is 0 Å². The van der Waals surface area contributed by atoms with Crippen LogP contribution in [0.1, 0.15) is 63.1 Å². The zero-order valence-corrected chi connectivity index (χ0v) is 12.2. The van der Waals surface area contributed by atoms with E-state index in [0.717, 1.165) is 0 Å². The van der Waals surface area contributed by atoms with E-state index in [4.69, 9.17) is 5.73 Å². The minimum Gasteiger partial charge on any atom is -0.327 e. The molecule has 104 valence electrons. The third-order valence-electron chi connectivity index (χ3n) is 5.51. The maximum Gasteiger partial charge on any atom is 0.0481 e. The number of pyridine rings is 1. The molecule has 0 spiro atoms. The van der Waals surface area contributed by atoms with Crippen LogP contribution >= 0.6 is 0 Å². The highest BCUT2D eigenvalue weighted by Gasteiger charge is 2.42. The lowest BCUT2D eigenvalue weighted by Crippen LogP contribution is -2.42. The molecule has 0 radical (unpaired) electrons. The molecule has 3 unspecified atom stereocenters. The second-order valence-electron chi connectivity index (χ2n) is 7.11. The standard InChI is InChI=1S/C17H26N2/c1-17(2)10-4-9-14(17)15(18)13-8-3-6-12-7-5-11-19-16(12)13/h5,7,11,13-15H,3-4,6,8-10,18H2,1-2H3. The maximum absolute atomic E-state index is 6.70. The molecule has 19 heavy (non-hydrogen) atoms. The summed E-state index contributed by atoms with van der Waals surface area (Å²) >= 11 is 0. The largest absolute Gasteiger partial charge is 0.327 e. The molecule has 0 aliphatic heterocycles. The van der Waals surface area contributed by atoms with E-state index in [-0.39, 0.29) is 6.04 Å². The number of hydrogen-bond acceptors (Lipinski definition) is 2. The normalized spacial score (nSPS) is 30.9. The molecular weight excluding hydrogens is 232 g/mol. The van der Waals surface area contributed by atoms with E-state index in [1.165, 1.54) is 49.8 Å². The molecule has 0 amide bonds. The molecule has 1 aromatic rings. The Balaban J connectivity index is 1.87. The van der Waals surface area contributed by atoms with Gasteiger partial charge in [0.2, 0.25) is 0 Å². The fraction of sp³-hybridized carbons (Fsp3) is 0.706. The summed E-state index contributed by atoms with van der Waals surface area (Å²) in [5.74, 6) is 1.14. The Bertz CT molecular complexity index is 452. The van der Waals surface area contributed by atoms with Gasteiger partial charge in [-0.2, -0.15) is 0 Å². The highest BCUT2D eigenvalue weighted by molar-refractivity contribution is 5.27. The summed E-state index contributed by atoms with van der Waals surface area (Å²) in [6, 6.07) is 4.58. The maximum atomic E-state index is 6.70. The average molecular weight is 258 g/mol. The lowest BCUT2D eigenvalue weighted by atomic mass is 9.70. The molecule has 2 aliphatic carbocycles. The zero-order chi connectivity index (χ0) is 13.5. The number of nitrogens with zero attached hydrogens (tertiary/aromatic N) is 1. The van der Waals surface area contributed by atoms with E-state index in [1.807, 2.05) is 6.20 Å². The minimum absolute atomic E-state index is 0.284. The lowest BCUT2D eigenvalue weighted by molar-refractivity contribution is 0.195. The third kappa shape index (κ3) is 2.31. The number of fused-ring (bicyclic) bond motifs is 1. The van der Waals surface area contributed by atoms with E-state index in [1.54, 1.807) is 0 Å². The number of nitrogens with two attached hydrogens (primary N) is 1. The first kappa shape index (κ1) is 13.1. The highest BCUT2D eigenvalue weighted by Crippen LogP contribution is 2.48. The van der Waals surface area contributed by atoms with Gasteiger partial charge < -0.3 is 5.73 Å². The molecule has 1 saturated carbocycles. The number of hydrogen-bond donors (Lipinski definition) is 1. The molecule has 1 aromatic heterocycles. The second-order valence-corrected chi connectivity index (χ2v) is 7.11. The Hall–Kier alpha value is -0.890. The molecule has 2 aliphatic rings. The van der Waals surface area contributed by atoms with Crippen LogP contribution in [0.4, 0.5) is 0 Å². The number of rotatable bonds is 2. The Morgan fingerprint density at radius 2 is 2.16 bits per heavy atom. The second kappa shape index (κ2) is 4.90. The fourth-order valence-electron chi connectivity index (χ4n) is 4.37. The monoisotopic (exact) mass is 258 g/mol. The van der Waals surface area contributed by atoms with Gasteiger partial charge >= 0.3 is 0 Å². The summed E-state index contributed by atoms with van der Waals surface area (Å²) in [5.41, 5.74) is 9.84. The van der Waals surface area contributed by atoms with Gasteiger partial charge in [0.25, 0.3) is 0 Å². The van der Waals surface area contributed by atoms with E-state index < -0.39 is 0 Å². The van der Waals surface area contributed by atoms with Gasteiger partial charge in [-0.05, 0) is 55.1 Å². The first-order chi connectivity index (χ1) is 9.09. The Labute approximate surface area is 116 Å². The number of aromatic nitrogens is 1. The molecule has 1 heterocycles. The summed E-state index contributed by atoms with van der Waals surface area (Å²) in [6.45, 7) is 4.79. The van der Waals surface area contributed by atoms with Crippen LogP contribution in [-0.2, 0) is 6.42 Å². The van der Waals surface area contributed by atoms with Crippen molar-refractivity contribution in [2.75, 3.05) is 0 Å². The SMILES string of the molecule is CC1(C)CCCC1C(N)C1CCCc2cccnc21. The van der Waals surface area contributed by atoms with Crippen molar-refractivity contribution in [1.82, 2.24) is 4.98 Å². The van der Waals surface area contributed by atoms with Crippen molar-refractivity contribution in [3.63, 3.8) is 0 Å². The van der Waals surface area contributed by atoms with E-state index in [9.17, 15) is 0 Å². The Kier molecular flexibility index (Phi) is 3.38. The molecule has 0 bridgehead atoms. The van der Waals surface area contributed by atoms with Gasteiger partial charge in [0.15, 0.2) is 0 Å². The van der Waals surface area contributed by atoms with E-state index in [0.29, 0.717) is 17.3 Å². The van der Waals surface area contributed by atoms with Crippen LogP contribution < -0.4 is 5.73 Å². The summed E-state index contributed by atoms with van der Waals surface area (Å²) in [7, 11) is 0. The number of aryl methyl sites for hydroxylation is 1. The summed E-state index contributed by atoms with van der Waals surface area (Å²) in [6.07, 6.45) is 9.57. The topological polar surface area (TPSA) is 38.9 Å². The Morgan fingerprint density at radius 1 is 1.32 bits per heavy atom. The van der Waals surface area contributed by atoms with Gasteiger partial charge in [-0.25, -0.2) is 0 Å². The van der Waals surface area contributed by atoms with Gasteiger partial charge in [-0.15, -0.1) is 0 Å². The first-order valence-corrected chi connectivity index (χ1v) is 7.79. The lowest BCUT2D eigenvalue weighted by Gasteiger charge is -2.38. The summed E-state index contributed by atoms with van der Waals surface area (Å²) in [5, 5.41) is 0. The Morgan fingerprint density at radius 3 is 2.89 bits per heavy atom. The van der Waals surface area contributed by atoms with Crippen molar-refractivity contribution in [1.29, 1.82) is 0 Å². The van der Waals surface area contributed by atoms with Gasteiger partial charge in [-0.1, -0.05) is 26.3 Å². The summed E-state index contributed by atoms with van der Waals surface area (Å²) in [4.78, 5) is 4.66. The molecule has 0 saturated heterocycles. The molecule has 2 heteroatoms. The van der Waals surface area contributed by atoms with Gasteiger partial charge in [0.05, 0.1) is 0 Å². The smallest absolute Gasteiger partial charge is 0.0481 e. The average Bonchev–Trinajstić information content (AvgIpc) is 2.77. The molecule has 0 aromatic carbocycles. The highest BCUT2D eigenvalue weighted by atomic mass is 14.8. The van der Waals surface area contributed by atoms with Crippen LogP contribution in [0.15, 0.2) is 18.3 Å². The summed E-state index contributed by atoms with van der Waals surface area (Å²) < 4.78 is 0. The van der Waals surface area contributed by atoms with Crippen LogP contribution in [0.2, 0.25) is 0 Å².